The minimum absolute atomic E-state index is 0.208. The number of nitrogens with zero attached hydrogens (tertiary/aromatic N) is 7. The quantitative estimate of drug-likeness (QED) is 0.230. The Balaban J connectivity index is 1.20. The third kappa shape index (κ3) is 4.24. The topological polar surface area (TPSA) is 70.7 Å². The van der Waals surface area contributed by atoms with Crippen LogP contribution in [0.3, 0.4) is 0 Å². The Morgan fingerprint density at radius 3 is 2.28 bits per heavy atom. The lowest BCUT2D eigenvalue weighted by atomic mass is 9.93. The fraction of sp³-hybridized carbons (Fsp3) is 0.194. The fourth-order valence-corrected chi connectivity index (χ4v) is 6.89. The molecule has 46 heavy (non-hydrogen) atoms. The van der Waals surface area contributed by atoms with Gasteiger partial charge < -0.3 is 24.2 Å². The highest BCUT2D eigenvalue weighted by atomic mass is 19.1. The second-order valence-corrected chi connectivity index (χ2v) is 11.8. The van der Waals surface area contributed by atoms with E-state index in [1.165, 1.54) is 12.1 Å². The number of fused-ring (bicyclic) bond motifs is 5. The highest BCUT2D eigenvalue weighted by Gasteiger charge is 2.43. The molecule has 9 rings (SSSR count). The van der Waals surface area contributed by atoms with Gasteiger partial charge in [0.15, 0.2) is 29.0 Å². The second-order valence-electron chi connectivity index (χ2n) is 11.8. The van der Waals surface area contributed by atoms with Crippen molar-refractivity contribution >= 4 is 34.6 Å². The molecule has 0 spiro atoms. The zero-order valence-corrected chi connectivity index (χ0v) is 25.2. The molecule has 1 fully saturated rings. The molecule has 9 nitrogen and oxygen atoms in total. The van der Waals surface area contributed by atoms with Crippen molar-refractivity contribution in [3.63, 3.8) is 0 Å². The first-order chi connectivity index (χ1) is 22.6. The average Bonchev–Trinajstić information content (AvgIpc) is 3.71. The maximum Gasteiger partial charge on any atom is 0.231 e. The van der Waals surface area contributed by atoms with E-state index in [2.05, 4.69) is 58.0 Å². The first-order valence-corrected chi connectivity index (χ1v) is 15.5. The normalized spacial score (nSPS) is 18.0. The smallest absolute Gasteiger partial charge is 0.231 e. The fourth-order valence-electron chi connectivity index (χ4n) is 6.89. The van der Waals surface area contributed by atoms with Gasteiger partial charge in [0.1, 0.15) is 5.82 Å². The van der Waals surface area contributed by atoms with E-state index in [-0.39, 0.29) is 18.7 Å². The summed E-state index contributed by atoms with van der Waals surface area (Å²) in [6, 6.07) is 31.0. The Labute approximate surface area is 265 Å². The van der Waals surface area contributed by atoms with Crippen LogP contribution in [0.2, 0.25) is 0 Å². The first kappa shape index (κ1) is 26.7. The third-order valence-corrected chi connectivity index (χ3v) is 9.10. The van der Waals surface area contributed by atoms with E-state index in [1.807, 2.05) is 53.2 Å². The molecule has 0 N–H and O–H groups in total. The average molecular weight is 612 g/mol. The SMILES string of the molecule is Cc1nn(-c2ccccc2)c2c1[C@H](c1ccc3c(c1)OCO3)N1C(=N2)C(N2CCN(c3ccc(F)cc3)CC2)=Nc2ccccc21. The van der Waals surface area contributed by atoms with Gasteiger partial charge >= 0.3 is 0 Å². The summed E-state index contributed by atoms with van der Waals surface area (Å²) in [4.78, 5) is 17.6. The van der Waals surface area contributed by atoms with Gasteiger partial charge in [-0.2, -0.15) is 5.10 Å². The van der Waals surface area contributed by atoms with E-state index >= 15 is 0 Å². The lowest BCUT2D eigenvalue weighted by Crippen LogP contribution is -2.55. The van der Waals surface area contributed by atoms with Crippen molar-refractivity contribution in [2.24, 2.45) is 9.98 Å². The minimum atomic E-state index is -0.249. The number of anilines is 2. The third-order valence-electron chi connectivity index (χ3n) is 9.10. The molecule has 0 amide bonds. The van der Waals surface area contributed by atoms with Crippen LogP contribution in [-0.2, 0) is 0 Å². The number of hydrogen-bond donors (Lipinski definition) is 0. The maximum atomic E-state index is 13.6. The van der Waals surface area contributed by atoms with E-state index in [1.54, 1.807) is 0 Å². The number of benzene rings is 4. The molecule has 0 radical (unpaired) electrons. The summed E-state index contributed by atoms with van der Waals surface area (Å²) in [5, 5.41) is 5.05. The summed E-state index contributed by atoms with van der Waals surface area (Å²) in [7, 11) is 0. The summed E-state index contributed by atoms with van der Waals surface area (Å²) < 4.78 is 27.1. The highest BCUT2D eigenvalue weighted by Crippen LogP contribution is 2.49. The predicted molar refractivity (Wildman–Crippen MR) is 176 cm³/mol. The zero-order valence-electron chi connectivity index (χ0n) is 25.2. The van der Waals surface area contributed by atoms with E-state index in [0.717, 1.165) is 94.7 Å². The van der Waals surface area contributed by atoms with Gasteiger partial charge in [-0.3, -0.25) is 0 Å². The number of piperazine rings is 1. The van der Waals surface area contributed by atoms with E-state index in [4.69, 9.17) is 24.6 Å². The first-order valence-electron chi connectivity index (χ1n) is 15.5. The molecule has 4 aliphatic rings. The molecule has 1 saturated heterocycles. The number of halogens is 1. The van der Waals surface area contributed by atoms with Crippen LogP contribution in [0.25, 0.3) is 5.69 Å². The molecule has 0 aliphatic carbocycles. The van der Waals surface area contributed by atoms with Gasteiger partial charge in [-0.05, 0) is 73.2 Å². The van der Waals surface area contributed by atoms with Gasteiger partial charge in [0.25, 0.3) is 0 Å². The van der Waals surface area contributed by atoms with Crippen LogP contribution in [0, 0.1) is 12.7 Å². The van der Waals surface area contributed by atoms with Crippen LogP contribution in [0.15, 0.2) is 107 Å². The number of hydrogen-bond acceptors (Lipinski definition) is 8. The molecule has 0 saturated carbocycles. The summed E-state index contributed by atoms with van der Waals surface area (Å²) >= 11 is 0. The summed E-state index contributed by atoms with van der Waals surface area (Å²) in [6.07, 6.45) is 0. The Bertz CT molecular complexity index is 2030. The number of ether oxygens (including phenoxy) is 2. The number of aliphatic imine (C=N–C) groups is 2. The summed E-state index contributed by atoms with van der Waals surface area (Å²) in [5.74, 6) is 3.63. The number of aryl methyl sites for hydroxylation is 1. The van der Waals surface area contributed by atoms with Crippen LogP contribution in [0.1, 0.15) is 22.9 Å². The van der Waals surface area contributed by atoms with Gasteiger partial charge in [0.05, 0.1) is 28.8 Å². The van der Waals surface area contributed by atoms with Crippen molar-refractivity contribution < 1.29 is 13.9 Å². The van der Waals surface area contributed by atoms with Gasteiger partial charge in [-0.15, -0.1) is 0 Å². The van der Waals surface area contributed by atoms with Crippen molar-refractivity contribution in [3.8, 4) is 17.2 Å². The van der Waals surface area contributed by atoms with Gasteiger partial charge in [-0.1, -0.05) is 36.4 Å². The predicted octanol–water partition coefficient (Wildman–Crippen LogP) is 6.55. The van der Waals surface area contributed by atoms with Crippen LogP contribution in [0.5, 0.6) is 11.5 Å². The monoisotopic (exact) mass is 611 g/mol. The standard InChI is InChI=1S/C36H30FN7O2/c1-23-32-33(24-11-16-30-31(21-24)46-22-45-30)43-29-10-6-5-9-28(29)38-35(36(43)39-34(32)44(40-23)27-7-3-2-4-8-27)42-19-17-41(18-20-42)26-14-12-25(37)13-15-26/h2-16,21,33H,17-20,22H2,1H3/t33-/m0/s1. The van der Waals surface area contributed by atoms with Crippen LogP contribution in [0.4, 0.5) is 27.3 Å². The van der Waals surface area contributed by atoms with E-state index < -0.39 is 0 Å². The van der Waals surface area contributed by atoms with Gasteiger partial charge in [0, 0.05) is 37.4 Å². The number of amidine groups is 2. The Kier molecular flexibility index (Phi) is 6.09. The Morgan fingerprint density at radius 1 is 0.717 bits per heavy atom. The molecule has 5 aromatic rings. The van der Waals surface area contributed by atoms with Crippen molar-refractivity contribution in [2.45, 2.75) is 13.0 Å². The Hall–Kier alpha value is -5.64. The van der Waals surface area contributed by atoms with E-state index in [9.17, 15) is 4.39 Å². The van der Waals surface area contributed by atoms with Crippen LogP contribution >= 0.6 is 0 Å². The van der Waals surface area contributed by atoms with Gasteiger partial charge in [0.2, 0.25) is 6.79 Å². The number of rotatable bonds is 3. The van der Waals surface area contributed by atoms with Crippen molar-refractivity contribution in [2.75, 3.05) is 42.8 Å². The number of aromatic nitrogens is 2. The summed E-state index contributed by atoms with van der Waals surface area (Å²) in [6.45, 7) is 5.29. The molecule has 10 heteroatoms. The van der Waals surface area contributed by atoms with Gasteiger partial charge in [-0.25, -0.2) is 19.1 Å². The second kappa shape index (κ2) is 10.5. The molecule has 5 heterocycles. The van der Waals surface area contributed by atoms with E-state index in [0.29, 0.717) is 0 Å². The molecule has 0 unspecified atom stereocenters. The van der Waals surface area contributed by atoms with Crippen molar-refractivity contribution in [1.82, 2.24) is 14.7 Å². The zero-order chi connectivity index (χ0) is 30.8. The number of para-hydroxylation sites is 3. The molecule has 1 atom stereocenters. The van der Waals surface area contributed by atoms with Crippen LogP contribution < -0.4 is 19.3 Å². The molecule has 228 valence electrons. The minimum Gasteiger partial charge on any atom is -0.454 e. The molecule has 1 aromatic heterocycles. The van der Waals surface area contributed by atoms with Crippen LogP contribution in [-0.4, -0.2) is 59.3 Å². The molecule has 0 bridgehead atoms. The lowest BCUT2D eigenvalue weighted by molar-refractivity contribution is 0.174. The maximum absolute atomic E-state index is 13.6. The summed E-state index contributed by atoms with van der Waals surface area (Å²) in [5.41, 5.74) is 6.81. The molecule has 4 aromatic carbocycles. The molecule has 4 aliphatic heterocycles. The van der Waals surface area contributed by atoms with Crippen molar-refractivity contribution in [1.29, 1.82) is 0 Å². The molecular formula is C36H30FN7O2. The largest absolute Gasteiger partial charge is 0.454 e. The van der Waals surface area contributed by atoms with Crippen molar-refractivity contribution in [3.05, 3.63) is 120 Å². The lowest BCUT2D eigenvalue weighted by Gasteiger charge is -2.44. The Morgan fingerprint density at radius 2 is 1.46 bits per heavy atom. The molecular weight excluding hydrogens is 581 g/mol. The highest BCUT2D eigenvalue weighted by molar-refractivity contribution is 6.48.